The molecule has 1 rings (SSSR count). The quantitative estimate of drug-likeness (QED) is 0.837. The van der Waals surface area contributed by atoms with Gasteiger partial charge in [-0.2, -0.15) is 0 Å². The topological polar surface area (TPSA) is 63.4 Å². The Morgan fingerprint density at radius 3 is 2.25 bits per heavy atom. The van der Waals surface area contributed by atoms with E-state index >= 15 is 0 Å². The molecule has 0 atom stereocenters. The summed E-state index contributed by atoms with van der Waals surface area (Å²) in [5.74, 6) is -0.496. The van der Waals surface area contributed by atoms with Gasteiger partial charge in [-0.15, -0.1) is 0 Å². The Balaban J connectivity index is 2.87. The third-order valence-electron chi connectivity index (χ3n) is 3.17. The van der Waals surface area contributed by atoms with Crippen LogP contribution in [0.2, 0.25) is 0 Å². The van der Waals surface area contributed by atoms with Gasteiger partial charge in [0.2, 0.25) is 10.0 Å². The molecule has 114 valence electrons. The Hall–Kier alpha value is -0.980. The zero-order valence-electron chi connectivity index (χ0n) is 12.3. The van der Waals surface area contributed by atoms with E-state index in [-0.39, 0.29) is 17.0 Å². The van der Waals surface area contributed by atoms with Crippen molar-refractivity contribution >= 4 is 10.0 Å². The van der Waals surface area contributed by atoms with E-state index in [1.165, 1.54) is 28.6 Å². The van der Waals surface area contributed by atoms with Crippen LogP contribution < -0.4 is 5.73 Å². The van der Waals surface area contributed by atoms with Crippen LogP contribution in [0, 0.1) is 11.2 Å². The van der Waals surface area contributed by atoms with Crippen molar-refractivity contribution in [1.82, 2.24) is 4.31 Å². The first-order valence-electron chi connectivity index (χ1n) is 6.62. The van der Waals surface area contributed by atoms with Crippen LogP contribution in [0.25, 0.3) is 0 Å². The van der Waals surface area contributed by atoms with Crippen molar-refractivity contribution in [3.63, 3.8) is 0 Å². The van der Waals surface area contributed by atoms with Gasteiger partial charge in [0.05, 0.1) is 5.75 Å². The summed E-state index contributed by atoms with van der Waals surface area (Å²) in [6, 6.07) is 5.53. The smallest absolute Gasteiger partial charge is 0.218 e. The highest BCUT2D eigenvalue weighted by Crippen LogP contribution is 2.19. The average molecular weight is 302 g/mol. The van der Waals surface area contributed by atoms with Crippen LogP contribution >= 0.6 is 0 Å². The second-order valence-corrected chi connectivity index (χ2v) is 7.65. The molecule has 0 heterocycles. The molecule has 0 aromatic heterocycles. The third-order valence-corrected chi connectivity index (χ3v) is 5.04. The summed E-state index contributed by atoms with van der Waals surface area (Å²) in [6.07, 6.45) is 0. The molecule has 0 aliphatic rings. The van der Waals surface area contributed by atoms with Crippen molar-refractivity contribution in [2.24, 2.45) is 11.1 Å². The van der Waals surface area contributed by atoms with Crippen LogP contribution in [0.1, 0.15) is 26.3 Å². The number of nitrogens with two attached hydrogens (primary N) is 1. The van der Waals surface area contributed by atoms with Gasteiger partial charge in [-0.05, 0) is 29.7 Å². The van der Waals surface area contributed by atoms with Gasteiger partial charge in [0.25, 0.3) is 0 Å². The monoisotopic (exact) mass is 302 g/mol. The van der Waals surface area contributed by atoms with E-state index in [1.807, 2.05) is 13.8 Å². The first kappa shape index (κ1) is 17.1. The third kappa shape index (κ3) is 4.85. The molecule has 0 fully saturated rings. The molecule has 0 amide bonds. The van der Waals surface area contributed by atoms with Crippen molar-refractivity contribution in [2.45, 2.75) is 26.5 Å². The number of hydrogen-bond acceptors (Lipinski definition) is 3. The lowest BCUT2D eigenvalue weighted by molar-refractivity contribution is 0.272. The molecule has 20 heavy (non-hydrogen) atoms. The van der Waals surface area contributed by atoms with Gasteiger partial charge in [-0.3, -0.25) is 0 Å². The maximum Gasteiger partial charge on any atom is 0.218 e. The first-order valence-corrected chi connectivity index (χ1v) is 8.23. The van der Waals surface area contributed by atoms with E-state index in [0.717, 1.165) is 0 Å². The molecule has 0 bridgehead atoms. The fraction of sp³-hybridized carbons (Fsp3) is 0.571. The molecule has 1 aromatic carbocycles. The van der Waals surface area contributed by atoms with E-state index in [4.69, 9.17) is 5.73 Å². The van der Waals surface area contributed by atoms with Crippen molar-refractivity contribution in [2.75, 3.05) is 19.6 Å². The van der Waals surface area contributed by atoms with E-state index in [0.29, 0.717) is 25.2 Å². The number of rotatable bonds is 7. The molecular weight excluding hydrogens is 279 g/mol. The summed E-state index contributed by atoms with van der Waals surface area (Å²) >= 11 is 0. The highest BCUT2D eigenvalue weighted by Gasteiger charge is 2.27. The van der Waals surface area contributed by atoms with E-state index in [1.54, 1.807) is 6.92 Å². The van der Waals surface area contributed by atoms with Crippen molar-refractivity contribution in [3.8, 4) is 0 Å². The van der Waals surface area contributed by atoms with Gasteiger partial charge in [-0.25, -0.2) is 17.1 Å². The average Bonchev–Trinajstić information content (AvgIpc) is 2.38. The van der Waals surface area contributed by atoms with Gasteiger partial charge in [0.15, 0.2) is 0 Å². The summed E-state index contributed by atoms with van der Waals surface area (Å²) in [5, 5.41) is 0. The maximum atomic E-state index is 12.8. The summed E-state index contributed by atoms with van der Waals surface area (Å²) in [4.78, 5) is 0. The lowest BCUT2D eigenvalue weighted by Crippen LogP contribution is -2.42. The first-order chi connectivity index (χ1) is 9.20. The SMILES string of the molecule is CCN(CC(C)(C)CN)S(=O)(=O)Cc1ccc(F)cc1. The second kappa shape index (κ2) is 6.65. The van der Waals surface area contributed by atoms with Gasteiger partial charge in [-0.1, -0.05) is 32.9 Å². The lowest BCUT2D eigenvalue weighted by atomic mass is 9.94. The van der Waals surface area contributed by atoms with Gasteiger partial charge >= 0.3 is 0 Å². The van der Waals surface area contributed by atoms with Crippen LogP contribution in [0.3, 0.4) is 0 Å². The van der Waals surface area contributed by atoms with Gasteiger partial charge in [0.1, 0.15) is 5.82 Å². The minimum atomic E-state index is -3.43. The normalized spacial score (nSPS) is 12.9. The highest BCUT2D eigenvalue weighted by atomic mass is 32.2. The predicted octanol–water partition coefficient (Wildman–Crippen LogP) is 1.96. The molecule has 0 aliphatic heterocycles. The second-order valence-electron chi connectivity index (χ2n) is 5.68. The Kier molecular flexibility index (Phi) is 5.68. The van der Waals surface area contributed by atoms with E-state index in [2.05, 4.69) is 0 Å². The summed E-state index contributed by atoms with van der Waals surface area (Å²) < 4.78 is 39.1. The van der Waals surface area contributed by atoms with E-state index < -0.39 is 10.0 Å². The number of sulfonamides is 1. The minimum Gasteiger partial charge on any atom is -0.330 e. The Bertz CT molecular complexity index is 527. The van der Waals surface area contributed by atoms with E-state index in [9.17, 15) is 12.8 Å². The molecule has 4 nitrogen and oxygen atoms in total. The Morgan fingerprint density at radius 1 is 1.25 bits per heavy atom. The predicted molar refractivity (Wildman–Crippen MR) is 79.1 cm³/mol. The molecule has 0 saturated heterocycles. The van der Waals surface area contributed by atoms with Crippen LogP contribution in [-0.4, -0.2) is 32.4 Å². The maximum absolute atomic E-state index is 12.8. The summed E-state index contributed by atoms with van der Waals surface area (Å²) in [7, 11) is -3.43. The Morgan fingerprint density at radius 2 is 1.80 bits per heavy atom. The highest BCUT2D eigenvalue weighted by molar-refractivity contribution is 7.88. The molecule has 0 unspecified atom stereocenters. The molecule has 1 aromatic rings. The fourth-order valence-electron chi connectivity index (χ4n) is 1.83. The van der Waals surface area contributed by atoms with Crippen molar-refractivity contribution in [3.05, 3.63) is 35.6 Å². The molecule has 0 spiro atoms. The van der Waals surface area contributed by atoms with Crippen LogP contribution in [0.5, 0.6) is 0 Å². The van der Waals surface area contributed by atoms with Crippen molar-refractivity contribution in [1.29, 1.82) is 0 Å². The number of benzene rings is 1. The largest absolute Gasteiger partial charge is 0.330 e. The Labute approximate surface area is 120 Å². The molecule has 0 radical (unpaired) electrons. The molecular formula is C14H23FN2O2S. The number of hydrogen-bond donors (Lipinski definition) is 1. The molecule has 2 N–H and O–H groups in total. The van der Waals surface area contributed by atoms with Gasteiger partial charge < -0.3 is 5.73 Å². The zero-order chi connectivity index (χ0) is 15.4. The molecule has 6 heteroatoms. The fourth-order valence-corrected chi connectivity index (χ4v) is 3.57. The number of halogens is 1. The van der Waals surface area contributed by atoms with Gasteiger partial charge in [0, 0.05) is 13.1 Å². The number of nitrogens with zero attached hydrogens (tertiary/aromatic N) is 1. The minimum absolute atomic E-state index is 0.123. The standard InChI is InChI=1S/C14H23FN2O2S/c1-4-17(11-14(2,3)10-16)20(18,19)9-12-5-7-13(15)8-6-12/h5-8H,4,9-11,16H2,1-3H3. The summed E-state index contributed by atoms with van der Waals surface area (Å²) in [6.45, 7) is 6.85. The van der Waals surface area contributed by atoms with Crippen molar-refractivity contribution < 1.29 is 12.8 Å². The molecule has 0 aliphatic carbocycles. The van der Waals surface area contributed by atoms with Crippen LogP contribution in [0.4, 0.5) is 4.39 Å². The summed E-state index contributed by atoms with van der Waals surface area (Å²) in [5.41, 5.74) is 5.97. The van der Waals surface area contributed by atoms with Crippen LogP contribution in [0.15, 0.2) is 24.3 Å². The lowest BCUT2D eigenvalue weighted by Gasteiger charge is -2.30. The zero-order valence-corrected chi connectivity index (χ0v) is 13.1. The molecule has 0 saturated carbocycles. The van der Waals surface area contributed by atoms with Crippen LogP contribution in [-0.2, 0) is 15.8 Å².